The van der Waals surface area contributed by atoms with Crippen LogP contribution in [0.25, 0.3) is 6.08 Å². The second kappa shape index (κ2) is 6.53. The first-order chi connectivity index (χ1) is 9.19. The number of nitrogens with one attached hydrogen (secondary N) is 1. The average Bonchev–Trinajstić information content (AvgIpc) is 2.88. The standard InChI is InChI=1S/C15H15BrN2O/c16-13-5-3-4-11(9-13)8-12(10-17)15(19)18-14-6-1-2-7-14/h3-5,8-9,14H,1-2,6-7H2,(H,18,19)/b12-8+. The molecule has 0 heterocycles. The normalized spacial score (nSPS) is 16.1. The number of carbonyl (C=O) groups excluding carboxylic acids is 1. The van der Waals surface area contributed by atoms with Crippen molar-refractivity contribution in [3.8, 4) is 6.07 Å². The Morgan fingerprint density at radius 2 is 2.16 bits per heavy atom. The van der Waals surface area contributed by atoms with Gasteiger partial charge < -0.3 is 5.32 Å². The molecule has 4 heteroatoms. The number of nitrogens with zero attached hydrogens (tertiary/aromatic N) is 1. The van der Waals surface area contributed by atoms with E-state index < -0.39 is 0 Å². The zero-order valence-corrected chi connectivity index (χ0v) is 12.1. The fraction of sp³-hybridized carbons (Fsp3) is 0.333. The summed E-state index contributed by atoms with van der Waals surface area (Å²) in [7, 11) is 0. The molecule has 98 valence electrons. The smallest absolute Gasteiger partial charge is 0.262 e. The van der Waals surface area contributed by atoms with Crippen molar-refractivity contribution in [3.05, 3.63) is 39.9 Å². The lowest BCUT2D eigenvalue weighted by Gasteiger charge is -2.10. The Morgan fingerprint density at radius 3 is 2.79 bits per heavy atom. The molecule has 1 amide bonds. The minimum Gasteiger partial charge on any atom is -0.349 e. The predicted molar refractivity (Wildman–Crippen MR) is 78.1 cm³/mol. The molecule has 0 unspecified atom stereocenters. The van der Waals surface area contributed by atoms with E-state index >= 15 is 0 Å². The molecule has 1 aliphatic carbocycles. The maximum absolute atomic E-state index is 12.0. The van der Waals surface area contributed by atoms with Crippen LogP contribution in [0.1, 0.15) is 31.2 Å². The lowest BCUT2D eigenvalue weighted by molar-refractivity contribution is -0.117. The van der Waals surface area contributed by atoms with Crippen LogP contribution in [0, 0.1) is 11.3 Å². The number of amides is 1. The monoisotopic (exact) mass is 318 g/mol. The molecular weight excluding hydrogens is 304 g/mol. The number of carbonyl (C=O) groups is 1. The topological polar surface area (TPSA) is 52.9 Å². The molecule has 0 aromatic heterocycles. The van der Waals surface area contributed by atoms with E-state index in [-0.39, 0.29) is 17.5 Å². The molecule has 0 aliphatic heterocycles. The molecule has 3 nitrogen and oxygen atoms in total. The molecular formula is C15H15BrN2O. The summed E-state index contributed by atoms with van der Waals surface area (Å²) < 4.78 is 0.926. The quantitative estimate of drug-likeness (QED) is 0.685. The average molecular weight is 319 g/mol. The summed E-state index contributed by atoms with van der Waals surface area (Å²) in [5.41, 5.74) is 0.998. The molecule has 0 radical (unpaired) electrons. The summed E-state index contributed by atoms with van der Waals surface area (Å²) in [5, 5.41) is 12.0. The second-order valence-corrected chi connectivity index (χ2v) is 5.60. The molecule has 1 aromatic rings. The van der Waals surface area contributed by atoms with Gasteiger partial charge in [-0.3, -0.25) is 4.79 Å². The van der Waals surface area contributed by atoms with E-state index in [1.165, 1.54) is 0 Å². The third-order valence-electron chi connectivity index (χ3n) is 3.22. The summed E-state index contributed by atoms with van der Waals surface area (Å²) in [4.78, 5) is 12.0. The van der Waals surface area contributed by atoms with Crippen molar-refractivity contribution in [2.45, 2.75) is 31.7 Å². The Bertz CT molecular complexity index is 539. The largest absolute Gasteiger partial charge is 0.349 e. The van der Waals surface area contributed by atoms with Crippen LogP contribution in [0.4, 0.5) is 0 Å². The van der Waals surface area contributed by atoms with Gasteiger partial charge in [-0.15, -0.1) is 0 Å². The zero-order chi connectivity index (χ0) is 13.7. The van der Waals surface area contributed by atoms with Gasteiger partial charge in [-0.05, 0) is 36.6 Å². The van der Waals surface area contributed by atoms with Gasteiger partial charge >= 0.3 is 0 Å². The van der Waals surface area contributed by atoms with E-state index in [4.69, 9.17) is 5.26 Å². The van der Waals surface area contributed by atoms with Crippen molar-refractivity contribution in [2.24, 2.45) is 0 Å². The number of halogens is 1. The molecule has 1 saturated carbocycles. The van der Waals surface area contributed by atoms with Crippen LogP contribution in [0.5, 0.6) is 0 Å². The molecule has 1 aliphatic rings. The fourth-order valence-electron chi connectivity index (χ4n) is 2.24. The molecule has 0 bridgehead atoms. The van der Waals surface area contributed by atoms with Gasteiger partial charge in [0.25, 0.3) is 5.91 Å². The molecule has 1 aromatic carbocycles. The van der Waals surface area contributed by atoms with Crippen molar-refractivity contribution >= 4 is 27.9 Å². The first-order valence-electron chi connectivity index (χ1n) is 6.37. The third kappa shape index (κ3) is 3.93. The Hall–Kier alpha value is -1.60. The first-order valence-corrected chi connectivity index (χ1v) is 7.16. The van der Waals surface area contributed by atoms with Crippen molar-refractivity contribution < 1.29 is 4.79 Å². The third-order valence-corrected chi connectivity index (χ3v) is 3.71. The van der Waals surface area contributed by atoms with E-state index in [0.29, 0.717) is 0 Å². The van der Waals surface area contributed by atoms with Crippen molar-refractivity contribution in [3.63, 3.8) is 0 Å². The maximum atomic E-state index is 12.0. The van der Waals surface area contributed by atoms with Gasteiger partial charge in [-0.25, -0.2) is 0 Å². The number of hydrogen-bond acceptors (Lipinski definition) is 2. The number of hydrogen-bond donors (Lipinski definition) is 1. The van der Waals surface area contributed by atoms with Crippen LogP contribution in [-0.4, -0.2) is 11.9 Å². The minimum atomic E-state index is -0.269. The van der Waals surface area contributed by atoms with Gasteiger partial charge in [-0.2, -0.15) is 5.26 Å². The van der Waals surface area contributed by atoms with Crippen LogP contribution in [0.15, 0.2) is 34.3 Å². The van der Waals surface area contributed by atoms with Crippen molar-refractivity contribution in [1.29, 1.82) is 5.26 Å². The predicted octanol–water partition coefficient (Wildman–Crippen LogP) is 3.41. The summed E-state index contributed by atoms with van der Waals surface area (Å²) in [6, 6.07) is 9.73. The van der Waals surface area contributed by atoms with Crippen LogP contribution in [0.3, 0.4) is 0 Å². The minimum absolute atomic E-state index is 0.157. The summed E-state index contributed by atoms with van der Waals surface area (Å²) in [6.45, 7) is 0. The lowest BCUT2D eigenvalue weighted by atomic mass is 10.1. The molecule has 2 rings (SSSR count). The number of rotatable bonds is 3. The number of benzene rings is 1. The Balaban J connectivity index is 2.10. The van der Waals surface area contributed by atoms with E-state index in [0.717, 1.165) is 35.7 Å². The number of nitriles is 1. The lowest BCUT2D eigenvalue weighted by Crippen LogP contribution is -2.33. The zero-order valence-electron chi connectivity index (χ0n) is 10.5. The van der Waals surface area contributed by atoms with Gasteiger partial charge in [-0.1, -0.05) is 40.9 Å². The Kier molecular flexibility index (Phi) is 4.75. The van der Waals surface area contributed by atoms with Gasteiger partial charge in [0.05, 0.1) is 0 Å². The van der Waals surface area contributed by atoms with Crippen molar-refractivity contribution in [2.75, 3.05) is 0 Å². The van der Waals surface area contributed by atoms with E-state index in [2.05, 4.69) is 21.2 Å². The van der Waals surface area contributed by atoms with Crippen LogP contribution >= 0.6 is 15.9 Å². The van der Waals surface area contributed by atoms with Crippen molar-refractivity contribution in [1.82, 2.24) is 5.32 Å². The second-order valence-electron chi connectivity index (χ2n) is 4.68. The molecule has 19 heavy (non-hydrogen) atoms. The maximum Gasteiger partial charge on any atom is 0.262 e. The summed E-state index contributed by atoms with van der Waals surface area (Å²) >= 11 is 3.37. The Morgan fingerprint density at radius 1 is 1.42 bits per heavy atom. The van der Waals surface area contributed by atoms with Crippen LogP contribution in [0.2, 0.25) is 0 Å². The molecule has 0 atom stereocenters. The highest BCUT2D eigenvalue weighted by Crippen LogP contribution is 2.19. The fourth-order valence-corrected chi connectivity index (χ4v) is 2.66. The highest BCUT2D eigenvalue weighted by Gasteiger charge is 2.19. The van der Waals surface area contributed by atoms with Gasteiger partial charge in [0.15, 0.2) is 0 Å². The highest BCUT2D eigenvalue weighted by atomic mass is 79.9. The van der Waals surface area contributed by atoms with Gasteiger partial charge in [0.2, 0.25) is 0 Å². The van der Waals surface area contributed by atoms with Gasteiger partial charge in [0, 0.05) is 10.5 Å². The summed E-state index contributed by atoms with van der Waals surface area (Å²) in [6.07, 6.45) is 5.96. The first kappa shape index (κ1) is 13.8. The molecule has 0 saturated heterocycles. The van der Waals surface area contributed by atoms with E-state index in [9.17, 15) is 4.79 Å². The van der Waals surface area contributed by atoms with Crippen LogP contribution in [-0.2, 0) is 4.79 Å². The van der Waals surface area contributed by atoms with E-state index in [1.807, 2.05) is 30.3 Å². The SMILES string of the molecule is N#C/C(=C\c1cccc(Br)c1)C(=O)NC1CCCC1. The van der Waals surface area contributed by atoms with Gasteiger partial charge in [0.1, 0.15) is 11.6 Å². The molecule has 1 N–H and O–H groups in total. The summed E-state index contributed by atoms with van der Waals surface area (Å²) in [5.74, 6) is -0.269. The molecule has 0 spiro atoms. The molecule has 1 fully saturated rings. The Labute approximate surface area is 121 Å². The van der Waals surface area contributed by atoms with Crippen LogP contribution < -0.4 is 5.32 Å². The van der Waals surface area contributed by atoms with E-state index in [1.54, 1.807) is 6.08 Å². The highest BCUT2D eigenvalue weighted by molar-refractivity contribution is 9.10.